The molecule has 1 aliphatic heterocycles. The molecule has 6 amide bonds. The number of imide groups is 1. The Morgan fingerprint density at radius 3 is 2.27 bits per heavy atom. The summed E-state index contributed by atoms with van der Waals surface area (Å²) >= 11 is 0. The van der Waals surface area contributed by atoms with E-state index in [-0.39, 0.29) is 85.4 Å². The fourth-order valence-electron chi connectivity index (χ4n) is 9.29. The minimum absolute atomic E-state index is 0.0658. The van der Waals surface area contributed by atoms with Gasteiger partial charge in [0.1, 0.15) is 61.4 Å². The molecule has 426 valence electrons. The van der Waals surface area contributed by atoms with Gasteiger partial charge in [-0.2, -0.15) is 0 Å². The lowest BCUT2D eigenvalue weighted by Crippen LogP contribution is -2.57. The number of anilines is 1. The topological polar surface area (TPSA) is 299 Å². The van der Waals surface area contributed by atoms with Crippen LogP contribution in [0, 0.1) is 23.0 Å². The monoisotopic (exact) mass is 1110 g/mol. The van der Waals surface area contributed by atoms with Crippen LogP contribution in [0.4, 0.5) is 23.7 Å². The Labute approximate surface area is 453 Å². The predicted molar refractivity (Wildman–Crippen MR) is 277 cm³/mol. The number of unbranched alkanes of at least 4 members (excludes halogenated alkanes) is 2. The van der Waals surface area contributed by atoms with Crippen molar-refractivity contribution in [2.75, 3.05) is 38.2 Å². The highest BCUT2D eigenvalue weighted by Crippen LogP contribution is 2.40. The minimum atomic E-state index is -1.91. The second-order valence-electron chi connectivity index (χ2n) is 20.4. The number of carboxylic acid groups (broad SMARTS) is 1. The number of hydrogen-bond acceptors (Lipinski definition) is 14. The number of benzene rings is 3. The molecule has 1 saturated carbocycles. The van der Waals surface area contributed by atoms with Crippen molar-refractivity contribution in [2.45, 2.75) is 115 Å². The maximum Gasteiger partial charge on any atom is 0.407 e. The maximum absolute atomic E-state index is 15.2. The Morgan fingerprint density at radius 2 is 1.59 bits per heavy atom. The molecule has 6 rings (SSSR count). The molecule has 0 radical (unpaired) electrons. The van der Waals surface area contributed by atoms with Crippen LogP contribution in [0.3, 0.4) is 0 Å². The Hall–Kier alpha value is -7.67. The van der Waals surface area contributed by atoms with Gasteiger partial charge in [-0.3, -0.25) is 33.7 Å². The molecule has 21 nitrogen and oxygen atoms in total. The number of halogens is 3. The van der Waals surface area contributed by atoms with Crippen LogP contribution in [-0.2, 0) is 46.7 Å². The van der Waals surface area contributed by atoms with Crippen molar-refractivity contribution in [3.8, 4) is 17.0 Å². The third-order valence-corrected chi connectivity index (χ3v) is 13.4. The number of alkyl carbamates (subject to hydrolysis) is 1. The van der Waals surface area contributed by atoms with E-state index in [0.29, 0.717) is 19.3 Å². The number of aliphatic hydroxyl groups is 4. The van der Waals surface area contributed by atoms with Gasteiger partial charge in [-0.15, -0.1) is 0 Å². The summed E-state index contributed by atoms with van der Waals surface area (Å²) in [5.41, 5.74) is 0.0755. The molecule has 79 heavy (non-hydrogen) atoms. The van der Waals surface area contributed by atoms with Crippen molar-refractivity contribution in [1.82, 2.24) is 30.0 Å². The van der Waals surface area contributed by atoms with E-state index in [9.17, 15) is 67.9 Å². The third kappa shape index (κ3) is 16.4. The predicted octanol–water partition coefficient (Wildman–Crippen LogP) is 4.30. The van der Waals surface area contributed by atoms with Crippen LogP contribution in [0.1, 0.15) is 88.7 Å². The molecule has 2 heterocycles. The molecule has 8 N–H and O–H groups in total. The van der Waals surface area contributed by atoms with E-state index >= 15 is 4.39 Å². The number of nitrogens with one attached hydrogen (secondary N) is 3. The van der Waals surface area contributed by atoms with Crippen LogP contribution in [0.15, 0.2) is 85.1 Å². The van der Waals surface area contributed by atoms with Gasteiger partial charge in [0, 0.05) is 69.4 Å². The lowest BCUT2D eigenvalue weighted by Gasteiger charge is -2.40. The molecule has 1 aromatic heterocycles. The molecular weight excluding hydrogens is 1040 g/mol. The van der Waals surface area contributed by atoms with Gasteiger partial charge in [-0.05, 0) is 66.1 Å². The van der Waals surface area contributed by atoms with Crippen LogP contribution in [-0.4, -0.2) is 150 Å². The Bertz CT molecular complexity index is 2830. The van der Waals surface area contributed by atoms with Crippen molar-refractivity contribution in [2.24, 2.45) is 11.3 Å². The number of nitrogens with zero attached hydrogens (tertiary/aromatic N) is 4. The van der Waals surface area contributed by atoms with Crippen LogP contribution >= 0.6 is 0 Å². The van der Waals surface area contributed by atoms with Crippen molar-refractivity contribution in [3.63, 3.8) is 0 Å². The third-order valence-electron chi connectivity index (χ3n) is 13.4. The lowest BCUT2D eigenvalue weighted by molar-refractivity contribution is -0.174. The summed E-state index contributed by atoms with van der Waals surface area (Å²) < 4.78 is 57.5. The first kappa shape index (κ1) is 60.6. The number of amides is 6. The number of hydrogen-bond donors (Lipinski definition) is 8. The molecule has 1 aliphatic carbocycles. The fourth-order valence-corrected chi connectivity index (χ4v) is 9.29. The first-order valence-corrected chi connectivity index (χ1v) is 25.7. The van der Waals surface area contributed by atoms with Crippen molar-refractivity contribution in [3.05, 3.63) is 114 Å². The van der Waals surface area contributed by atoms with Crippen LogP contribution in [0.5, 0.6) is 5.75 Å². The number of ether oxygens (including phenoxy) is 2. The number of carboxylic acids is 1. The van der Waals surface area contributed by atoms with Gasteiger partial charge in [0.2, 0.25) is 17.7 Å². The molecular formula is C55H66F3N7O14. The van der Waals surface area contributed by atoms with Crippen LogP contribution in [0.2, 0.25) is 0 Å². The molecule has 24 heteroatoms. The van der Waals surface area contributed by atoms with E-state index in [1.54, 1.807) is 25.3 Å². The largest absolute Gasteiger partial charge is 0.485 e. The van der Waals surface area contributed by atoms with Crippen molar-refractivity contribution >= 4 is 47.3 Å². The molecule has 0 bridgehead atoms. The van der Waals surface area contributed by atoms with Gasteiger partial charge in [-0.25, -0.2) is 22.9 Å². The van der Waals surface area contributed by atoms with E-state index in [2.05, 4.69) is 16.0 Å². The Balaban J connectivity index is 1.12. The normalized spacial score (nSPS) is 18.9. The van der Waals surface area contributed by atoms with Crippen LogP contribution in [0.25, 0.3) is 11.3 Å². The molecule has 0 spiro atoms. The summed E-state index contributed by atoms with van der Waals surface area (Å²) in [6, 6.07) is 13.9. The van der Waals surface area contributed by atoms with Gasteiger partial charge in [0.25, 0.3) is 11.8 Å². The first-order chi connectivity index (χ1) is 37.6. The molecule has 3 aromatic carbocycles. The van der Waals surface area contributed by atoms with Crippen LogP contribution < -0.4 is 20.7 Å². The number of rotatable bonds is 26. The molecule has 1 fully saturated rings. The summed E-state index contributed by atoms with van der Waals surface area (Å²) in [7, 11) is 0. The summed E-state index contributed by atoms with van der Waals surface area (Å²) in [6.07, 6.45) is -3.36. The van der Waals surface area contributed by atoms with E-state index in [0.717, 1.165) is 28.7 Å². The average Bonchev–Trinajstić information content (AvgIpc) is 4.11. The first-order valence-electron chi connectivity index (χ1n) is 25.7. The van der Waals surface area contributed by atoms with E-state index in [4.69, 9.17) is 14.5 Å². The highest BCUT2D eigenvalue weighted by Gasteiger charge is 2.47. The molecule has 2 aliphatic rings. The molecule has 7 atom stereocenters. The number of aromatic nitrogens is 2. The van der Waals surface area contributed by atoms with Gasteiger partial charge in [0.05, 0.1) is 35.5 Å². The van der Waals surface area contributed by atoms with Gasteiger partial charge >= 0.3 is 12.1 Å². The summed E-state index contributed by atoms with van der Waals surface area (Å²) in [4.78, 5) is 95.3. The van der Waals surface area contributed by atoms with Gasteiger partial charge in [-0.1, -0.05) is 63.6 Å². The summed E-state index contributed by atoms with van der Waals surface area (Å²) in [6.45, 7) is 2.92. The SMILES string of the molecule is CC(C)(C)[C@H](c1nc(-c2cc(F)ccc2F)cn1Cc1ccccc1)N(CC[C@@H](CF)NC(=O)OCc1ccc(O[C@@H]2C[C@H](C(=O)O)[C@@H](O)[C@H](O)[C@H]2O)c(NC(=O)CCNC(=O)CCCCCN2C(=O)C=CC2=O)c1)C(=O)CO. The molecule has 0 saturated heterocycles. The Kier molecular flexibility index (Phi) is 21.3. The van der Waals surface area contributed by atoms with Gasteiger partial charge < -0.3 is 60.4 Å². The quantitative estimate of drug-likeness (QED) is 0.0321. The number of carbonyl (C=O) groups is 7. The van der Waals surface area contributed by atoms with Crippen molar-refractivity contribution in [1.29, 1.82) is 0 Å². The zero-order valence-corrected chi connectivity index (χ0v) is 43.9. The molecule has 4 aromatic rings. The number of alkyl halides is 1. The lowest BCUT2D eigenvalue weighted by atomic mass is 9.80. The Morgan fingerprint density at radius 1 is 0.873 bits per heavy atom. The highest BCUT2D eigenvalue weighted by molar-refractivity contribution is 6.12. The highest BCUT2D eigenvalue weighted by atomic mass is 19.1. The zero-order chi connectivity index (χ0) is 57.6. The minimum Gasteiger partial charge on any atom is -0.485 e. The van der Waals surface area contributed by atoms with E-state index < -0.39 is 121 Å². The summed E-state index contributed by atoms with van der Waals surface area (Å²) in [5.74, 6) is -6.86. The second kappa shape index (κ2) is 27.8. The zero-order valence-electron chi connectivity index (χ0n) is 43.9. The summed E-state index contributed by atoms with van der Waals surface area (Å²) in [5, 5.41) is 59.2. The molecule has 0 unspecified atom stereocenters. The number of carbonyl (C=O) groups excluding carboxylic acids is 6. The second-order valence-corrected chi connectivity index (χ2v) is 20.4. The number of aliphatic hydroxyl groups excluding tert-OH is 4. The number of imidazole rings is 1. The maximum atomic E-state index is 15.2. The van der Waals surface area contributed by atoms with Crippen molar-refractivity contribution < 1.29 is 81.7 Å². The van der Waals surface area contributed by atoms with E-state index in [1.165, 1.54) is 41.4 Å². The van der Waals surface area contributed by atoms with Gasteiger partial charge in [0.15, 0.2) is 0 Å². The fraction of sp³-hybridized carbons (Fsp3) is 0.455. The smallest absolute Gasteiger partial charge is 0.407 e. The number of aliphatic carboxylic acids is 1. The van der Waals surface area contributed by atoms with E-state index in [1.807, 2.05) is 30.3 Å². The standard InChI is InChI=1S/C55H66F3N7O14/c1-55(2,3)51(52-62-40(36-25-34(57)14-15-38(36)58)29-63(52)28-32-10-6-4-7-11-32)65(47(71)30-66)23-20-35(27-56)60-54(77)78-31-33-13-16-41(79-42-26-37(53(75)76)48(72)50(74)49(42)73)39(24-33)61-44(68)19-21-59-43(67)12-8-5-9-22-64-45(69)17-18-46(64)70/h4,6-7,10-11,13-18,24-25,29,35,37,42,48-51,66,72-74H,5,8-9,12,19-23,26-28,30-31H2,1-3H3,(H,59,67)(H,60,77)(H,61,68)(H,75,76)/t35-,37-,42+,48+,49-,50-,51-/m0/s1. The average molecular weight is 1110 g/mol.